The summed E-state index contributed by atoms with van der Waals surface area (Å²) in [6.45, 7) is 3.78. The average molecular weight is 301 g/mol. The van der Waals surface area contributed by atoms with Gasteiger partial charge < -0.3 is 10.2 Å². The van der Waals surface area contributed by atoms with Crippen LogP contribution in [0, 0.1) is 11.3 Å². The van der Waals surface area contributed by atoms with Gasteiger partial charge in [-0.25, -0.2) is 0 Å². The van der Waals surface area contributed by atoms with Crippen molar-refractivity contribution in [3.63, 3.8) is 0 Å². The molecule has 0 radical (unpaired) electrons. The molecule has 112 valence electrons. The number of nitrogens with one attached hydrogen (secondary N) is 1. The Balaban J connectivity index is 0.00000180. The molecule has 2 saturated heterocycles. The van der Waals surface area contributed by atoms with Crippen molar-refractivity contribution in [2.24, 2.45) is 11.3 Å². The fourth-order valence-corrected chi connectivity index (χ4v) is 2.84. The zero-order chi connectivity index (χ0) is 13.4. The number of hydrogen-bond donors (Lipinski definition) is 1. The van der Waals surface area contributed by atoms with Gasteiger partial charge in [0.05, 0.1) is 0 Å². The maximum atomic E-state index is 12.5. The minimum absolute atomic E-state index is 0. The van der Waals surface area contributed by atoms with Gasteiger partial charge in [-0.15, -0.1) is 12.4 Å². The number of rotatable bonds is 1. The van der Waals surface area contributed by atoms with Crippen LogP contribution in [0.2, 0.25) is 0 Å². The van der Waals surface area contributed by atoms with E-state index in [9.17, 15) is 18.0 Å². The van der Waals surface area contributed by atoms with Gasteiger partial charge in [-0.2, -0.15) is 13.2 Å². The van der Waals surface area contributed by atoms with E-state index in [0.29, 0.717) is 13.1 Å². The molecule has 19 heavy (non-hydrogen) atoms. The van der Waals surface area contributed by atoms with Crippen LogP contribution in [-0.4, -0.2) is 43.2 Å². The maximum Gasteiger partial charge on any atom is 0.400 e. The van der Waals surface area contributed by atoms with E-state index >= 15 is 0 Å². The molecule has 2 aliphatic heterocycles. The van der Waals surface area contributed by atoms with Crippen LogP contribution < -0.4 is 5.32 Å². The SMILES string of the molecule is CC(C(=O)N1CCC2(CCNC2)CC1)C(F)(F)F.Cl. The van der Waals surface area contributed by atoms with Crippen LogP contribution in [-0.2, 0) is 4.79 Å². The molecule has 2 fully saturated rings. The van der Waals surface area contributed by atoms with Crippen molar-refractivity contribution in [3.05, 3.63) is 0 Å². The predicted molar refractivity (Wildman–Crippen MR) is 68.2 cm³/mol. The summed E-state index contributed by atoms with van der Waals surface area (Å²) in [5, 5.41) is 3.29. The van der Waals surface area contributed by atoms with Crippen LogP contribution in [0.4, 0.5) is 13.2 Å². The Morgan fingerprint density at radius 3 is 2.26 bits per heavy atom. The number of amides is 1. The van der Waals surface area contributed by atoms with Gasteiger partial charge in [-0.1, -0.05) is 0 Å². The first-order valence-electron chi connectivity index (χ1n) is 6.40. The first kappa shape index (κ1) is 16.6. The molecular weight excluding hydrogens is 281 g/mol. The van der Waals surface area contributed by atoms with Crippen molar-refractivity contribution in [1.29, 1.82) is 0 Å². The molecule has 1 amide bonds. The Hall–Kier alpha value is -0.490. The van der Waals surface area contributed by atoms with Crippen LogP contribution >= 0.6 is 12.4 Å². The van der Waals surface area contributed by atoms with Crippen molar-refractivity contribution in [1.82, 2.24) is 10.2 Å². The second-order valence-electron chi connectivity index (χ2n) is 5.52. The van der Waals surface area contributed by atoms with Crippen LogP contribution in [0.1, 0.15) is 26.2 Å². The van der Waals surface area contributed by atoms with Gasteiger partial charge in [0.15, 0.2) is 0 Å². The van der Waals surface area contributed by atoms with Crippen molar-refractivity contribution in [3.8, 4) is 0 Å². The van der Waals surface area contributed by atoms with E-state index in [0.717, 1.165) is 39.3 Å². The van der Waals surface area contributed by atoms with E-state index < -0.39 is 18.0 Å². The van der Waals surface area contributed by atoms with E-state index in [1.165, 1.54) is 4.90 Å². The summed E-state index contributed by atoms with van der Waals surface area (Å²) in [5.41, 5.74) is 0.220. The lowest BCUT2D eigenvalue weighted by Gasteiger charge is -2.39. The summed E-state index contributed by atoms with van der Waals surface area (Å²) < 4.78 is 37.5. The van der Waals surface area contributed by atoms with Crippen molar-refractivity contribution < 1.29 is 18.0 Å². The van der Waals surface area contributed by atoms with E-state index in [1.54, 1.807) is 0 Å². The van der Waals surface area contributed by atoms with Crippen LogP contribution in [0.3, 0.4) is 0 Å². The molecule has 1 spiro atoms. The van der Waals surface area contributed by atoms with Crippen LogP contribution in [0.25, 0.3) is 0 Å². The molecule has 2 heterocycles. The van der Waals surface area contributed by atoms with Gasteiger partial charge in [0.2, 0.25) is 5.91 Å². The number of likely N-dealkylation sites (tertiary alicyclic amines) is 1. The maximum absolute atomic E-state index is 12.5. The molecule has 0 aromatic carbocycles. The number of hydrogen-bond acceptors (Lipinski definition) is 2. The van der Waals surface area contributed by atoms with E-state index in [1.807, 2.05) is 0 Å². The number of alkyl halides is 3. The summed E-state index contributed by atoms with van der Waals surface area (Å²) in [7, 11) is 0. The molecule has 0 aromatic heterocycles. The molecular formula is C12H20ClF3N2O. The van der Waals surface area contributed by atoms with E-state index in [4.69, 9.17) is 0 Å². The molecule has 0 bridgehead atoms. The second kappa shape index (κ2) is 5.87. The van der Waals surface area contributed by atoms with Gasteiger partial charge in [-0.05, 0) is 38.1 Å². The van der Waals surface area contributed by atoms with Crippen molar-refractivity contribution in [2.45, 2.75) is 32.4 Å². The Labute approximate surface area is 117 Å². The Kier molecular flexibility index (Phi) is 5.12. The summed E-state index contributed by atoms with van der Waals surface area (Å²) in [5.74, 6) is -2.66. The number of halogens is 4. The standard InChI is InChI=1S/C12H19F3N2O.ClH/c1-9(12(13,14)15)10(18)17-6-3-11(4-7-17)2-5-16-8-11;/h9,16H,2-8H2,1H3;1H. The summed E-state index contributed by atoms with van der Waals surface area (Å²) >= 11 is 0. The highest BCUT2D eigenvalue weighted by molar-refractivity contribution is 5.85. The van der Waals surface area contributed by atoms with Gasteiger partial charge in [0.25, 0.3) is 0 Å². The van der Waals surface area contributed by atoms with Crippen molar-refractivity contribution >= 4 is 18.3 Å². The first-order valence-corrected chi connectivity index (χ1v) is 6.40. The zero-order valence-corrected chi connectivity index (χ0v) is 11.7. The molecule has 0 saturated carbocycles. The summed E-state index contributed by atoms with van der Waals surface area (Å²) in [6.07, 6.45) is -1.72. The molecule has 3 nitrogen and oxygen atoms in total. The summed E-state index contributed by atoms with van der Waals surface area (Å²) in [6, 6.07) is 0. The Bertz CT molecular complexity index is 319. The van der Waals surface area contributed by atoms with Crippen LogP contribution in [0.15, 0.2) is 0 Å². The molecule has 0 aliphatic carbocycles. The minimum atomic E-state index is -4.43. The number of piperidine rings is 1. The van der Waals surface area contributed by atoms with Crippen molar-refractivity contribution in [2.75, 3.05) is 26.2 Å². The molecule has 0 aromatic rings. The van der Waals surface area contributed by atoms with Gasteiger partial charge in [-0.3, -0.25) is 4.79 Å². The minimum Gasteiger partial charge on any atom is -0.342 e. The lowest BCUT2D eigenvalue weighted by molar-refractivity contribution is -0.186. The molecule has 2 aliphatic rings. The normalized spacial score (nSPS) is 24.1. The topological polar surface area (TPSA) is 32.3 Å². The number of carbonyl (C=O) groups is 1. The number of nitrogens with zero attached hydrogens (tertiary/aromatic N) is 1. The highest BCUT2D eigenvalue weighted by Crippen LogP contribution is 2.38. The molecule has 1 N–H and O–H groups in total. The fourth-order valence-electron chi connectivity index (χ4n) is 2.84. The first-order chi connectivity index (χ1) is 8.34. The van der Waals surface area contributed by atoms with Gasteiger partial charge in [0.1, 0.15) is 5.92 Å². The zero-order valence-electron chi connectivity index (χ0n) is 10.9. The van der Waals surface area contributed by atoms with E-state index in [-0.39, 0.29) is 17.8 Å². The monoisotopic (exact) mass is 300 g/mol. The average Bonchev–Trinajstić information content (AvgIpc) is 2.75. The molecule has 1 atom stereocenters. The van der Waals surface area contributed by atoms with Gasteiger partial charge in [0, 0.05) is 19.6 Å². The lowest BCUT2D eigenvalue weighted by Crippen LogP contribution is -2.48. The Morgan fingerprint density at radius 1 is 1.26 bits per heavy atom. The fraction of sp³-hybridized carbons (Fsp3) is 0.917. The molecule has 2 rings (SSSR count). The van der Waals surface area contributed by atoms with E-state index in [2.05, 4.69) is 5.32 Å². The highest BCUT2D eigenvalue weighted by Gasteiger charge is 2.45. The summed E-state index contributed by atoms with van der Waals surface area (Å²) in [4.78, 5) is 13.1. The Morgan fingerprint density at radius 2 is 1.84 bits per heavy atom. The van der Waals surface area contributed by atoms with Gasteiger partial charge >= 0.3 is 6.18 Å². The quantitative estimate of drug-likeness (QED) is 0.805. The molecule has 1 unspecified atom stereocenters. The number of carbonyl (C=O) groups excluding carboxylic acids is 1. The smallest absolute Gasteiger partial charge is 0.342 e. The largest absolute Gasteiger partial charge is 0.400 e. The predicted octanol–water partition coefficient (Wildman–Crippen LogP) is 2.21. The molecule has 7 heteroatoms. The third-order valence-electron chi connectivity index (χ3n) is 4.33. The highest BCUT2D eigenvalue weighted by atomic mass is 35.5. The third-order valence-corrected chi connectivity index (χ3v) is 4.33. The van der Waals surface area contributed by atoms with Crippen LogP contribution in [0.5, 0.6) is 0 Å². The lowest BCUT2D eigenvalue weighted by atomic mass is 9.77. The third kappa shape index (κ3) is 3.54. The second-order valence-corrected chi connectivity index (χ2v) is 5.52.